The number of hydrogen-bond acceptors (Lipinski definition) is 3. The van der Waals surface area contributed by atoms with E-state index in [9.17, 15) is 14.9 Å². The second-order valence-corrected chi connectivity index (χ2v) is 5.76. The molecule has 3 aromatic carbocycles. The number of carbonyl (C=O) groups excluding carboxylic acids is 1. The maximum atomic E-state index is 12.4. The normalized spacial score (nSPS) is 11.1. The van der Waals surface area contributed by atoms with E-state index in [2.05, 4.69) is 0 Å². The maximum Gasteiger partial charge on any atom is 0.273 e. The van der Waals surface area contributed by atoms with Crippen LogP contribution in [-0.4, -0.2) is 10.7 Å². The maximum absolute atomic E-state index is 12.4. The first-order valence-electron chi connectivity index (χ1n) is 8.07. The molecular weight excluding hydrogens is 314 g/mol. The highest BCUT2D eigenvalue weighted by Crippen LogP contribution is 2.22. The lowest BCUT2D eigenvalue weighted by molar-refractivity contribution is -0.385. The fourth-order valence-corrected chi connectivity index (χ4v) is 2.76. The van der Waals surface area contributed by atoms with Crippen molar-refractivity contribution in [1.29, 1.82) is 0 Å². The van der Waals surface area contributed by atoms with E-state index < -0.39 is 0 Å². The van der Waals surface area contributed by atoms with Crippen LogP contribution < -0.4 is 0 Å². The van der Waals surface area contributed by atoms with Crippen LogP contribution >= 0.6 is 0 Å². The molecule has 0 aliphatic carbocycles. The molecule has 3 aromatic rings. The molecule has 0 aliphatic heterocycles. The summed E-state index contributed by atoms with van der Waals surface area (Å²) >= 11 is 0. The van der Waals surface area contributed by atoms with Gasteiger partial charge >= 0.3 is 0 Å². The van der Waals surface area contributed by atoms with Crippen LogP contribution in [0.5, 0.6) is 0 Å². The number of fused-ring (bicyclic) bond motifs is 1. The van der Waals surface area contributed by atoms with E-state index in [1.54, 1.807) is 24.3 Å². The minimum Gasteiger partial charge on any atom is -0.289 e. The van der Waals surface area contributed by atoms with E-state index in [0.717, 1.165) is 10.8 Å². The molecule has 0 saturated carbocycles. The summed E-state index contributed by atoms with van der Waals surface area (Å²) in [5.74, 6) is -0.132. The summed E-state index contributed by atoms with van der Waals surface area (Å²) in [4.78, 5) is 23.1. The predicted octanol–water partition coefficient (Wildman–Crippen LogP) is 5.21. The van der Waals surface area contributed by atoms with Gasteiger partial charge in [-0.1, -0.05) is 61.5 Å². The number of benzene rings is 3. The molecule has 0 bridgehead atoms. The van der Waals surface area contributed by atoms with E-state index >= 15 is 0 Å². The Labute approximate surface area is 145 Å². The monoisotopic (exact) mass is 331 g/mol. The van der Waals surface area contributed by atoms with Gasteiger partial charge in [0.1, 0.15) is 0 Å². The lowest BCUT2D eigenvalue weighted by atomic mass is 10.0. The topological polar surface area (TPSA) is 60.2 Å². The molecular formula is C21H17NO3. The standard InChI is InChI=1S/C21H17NO3/c1-2-16-9-7-15(13-20(16)22(24)25)8-12-21(23)19-11-10-17-5-3-4-6-18(17)14-19/h3-14H,2H2,1H3/b12-8+. The SMILES string of the molecule is CCc1ccc(/C=C/C(=O)c2ccc3ccccc3c2)cc1[N+](=O)[O-]. The molecule has 4 nitrogen and oxygen atoms in total. The first kappa shape index (κ1) is 16.6. The minimum absolute atomic E-state index is 0.0859. The van der Waals surface area contributed by atoms with Gasteiger partial charge in [-0.25, -0.2) is 0 Å². The lowest BCUT2D eigenvalue weighted by Crippen LogP contribution is -1.96. The van der Waals surface area contributed by atoms with Gasteiger partial charge in [0.05, 0.1) is 4.92 Å². The van der Waals surface area contributed by atoms with Gasteiger partial charge in [-0.15, -0.1) is 0 Å². The third kappa shape index (κ3) is 3.63. The van der Waals surface area contributed by atoms with Gasteiger partial charge in [0.25, 0.3) is 5.69 Å². The molecule has 0 N–H and O–H groups in total. The van der Waals surface area contributed by atoms with Gasteiger partial charge in [0.2, 0.25) is 0 Å². The molecule has 0 atom stereocenters. The highest BCUT2D eigenvalue weighted by atomic mass is 16.6. The molecule has 0 heterocycles. The molecule has 0 spiro atoms. The number of ketones is 1. The van der Waals surface area contributed by atoms with Crippen molar-refractivity contribution in [2.24, 2.45) is 0 Å². The number of nitro benzene ring substituents is 1. The third-order valence-electron chi connectivity index (χ3n) is 4.15. The second kappa shape index (κ2) is 7.09. The molecule has 0 radical (unpaired) electrons. The van der Waals surface area contributed by atoms with Crippen molar-refractivity contribution in [1.82, 2.24) is 0 Å². The van der Waals surface area contributed by atoms with Gasteiger partial charge in [-0.2, -0.15) is 0 Å². The second-order valence-electron chi connectivity index (χ2n) is 5.76. The fourth-order valence-electron chi connectivity index (χ4n) is 2.76. The van der Waals surface area contributed by atoms with Crippen molar-refractivity contribution < 1.29 is 9.72 Å². The van der Waals surface area contributed by atoms with Crippen molar-refractivity contribution in [3.8, 4) is 0 Å². The quantitative estimate of drug-likeness (QED) is 0.279. The van der Waals surface area contributed by atoms with Crippen LogP contribution in [0.4, 0.5) is 5.69 Å². The summed E-state index contributed by atoms with van der Waals surface area (Å²) in [6.45, 7) is 1.88. The number of hydrogen-bond donors (Lipinski definition) is 0. The highest BCUT2D eigenvalue weighted by molar-refractivity contribution is 6.08. The van der Waals surface area contributed by atoms with Crippen LogP contribution in [0.2, 0.25) is 0 Å². The van der Waals surface area contributed by atoms with Crippen molar-refractivity contribution in [2.75, 3.05) is 0 Å². The molecule has 0 unspecified atom stereocenters. The Balaban J connectivity index is 1.86. The molecule has 25 heavy (non-hydrogen) atoms. The van der Waals surface area contributed by atoms with Crippen LogP contribution in [0, 0.1) is 10.1 Å². The largest absolute Gasteiger partial charge is 0.289 e. The molecule has 0 aliphatic rings. The Hall–Kier alpha value is -3.27. The highest BCUT2D eigenvalue weighted by Gasteiger charge is 2.12. The Bertz CT molecular complexity index is 989. The van der Waals surface area contributed by atoms with E-state index in [-0.39, 0.29) is 16.4 Å². The van der Waals surface area contributed by atoms with Crippen molar-refractivity contribution in [2.45, 2.75) is 13.3 Å². The summed E-state index contributed by atoms with van der Waals surface area (Å²) in [6, 6.07) is 18.4. The molecule has 0 amide bonds. The summed E-state index contributed by atoms with van der Waals surface area (Å²) in [5.41, 5.74) is 2.00. The Morgan fingerprint density at radius 2 is 1.80 bits per heavy atom. The minimum atomic E-state index is -0.388. The summed E-state index contributed by atoms with van der Waals surface area (Å²) in [7, 11) is 0. The van der Waals surface area contributed by atoms with E-state index in [4.69, 9.17) is 0 Å². The lowest BCUT2D eigenvalue weighted by Gasteiger charge is -2.02. The first-order chi connectivity index (χ1) is 12.1. The summed E-state index contributed by atoms with van der Waals surface area (Å²) < 4.78 is 0. The van der Waals surface area contributed by atoms with Crippen molar-refractivity contribution in [3.05, 3.63) is 93.5 Å². The van der Waals surface area contributed by atoms with Crippen LogP contribution in [0.25, 0.3) is 16.8 Å². The summed E-state index contributed by atoms with van der Waals surface area (Å²) in [5, 5.41) is 13.2. The first-order valence-corrected chi connectivity index (χ1v) is 8.07. The van der Waals surface area contributed by atoms with Crippen LogP contribution in [0.3, 0.4) is 0 Å². The predicted molar refractivity (Wildman–Crippen MR) is 99.8 cm³/mol. The number of rotatable bonds is 5. The number of nitrogens with zero attached hydrogens (tertiary/aromatic N) is 1. The van der Waals surface area contributed by atoms with Crippen LogP contribution in [0.1, 0.15) is 28.4 Å². The van der Waals surface area contributed by atoms with E-state index in [1.165, 1.54) is 12.1 Å². The van der Waals surface area contributed by atoms with Crippen LogP contribution in [-0.2, 0) is 6.42 Å². The van der Waals surface area contributed by atoms with Gasteiger partial charge < -0.3 is 0 Å². The van der Waals surface area contributed by atoms with Crippen molar-refractivity contribution in [3.63, 3.8) is 0 Å². The molecule has 4 heteroatoms. The molecule has 0 fully saturated rings. The van der Waals surface area contributed by atoms with E-state index in [0.29, 0.717) is 23.1 Å². The zero-order valence-electron chi connectivity index (χ0n) is 13.8. The number of allylic oxidation sites excluding steroid dienone is 1. The third-order valence-corrected chi connectivity index (χ3v) is 4.15. The summed E-state index contributed by atoms with van der Waals surface area (Å²) in [6.07, 6.45) is 3.66. The van der Waals surface area contributed by atoms with Gasteiger partial charge in [0.15, 0.2) is 5.78 Å². The molecule has 124 valence electrons. The number of carbonyl (C=O) groups is 1. The average molecular weight is 331 g/mol. The fraction of sp³-hybridized carbons (Fsp3) is 0.0952. The Kier molecular flexibility index (Phi) is 4.70. The van der Waals surface area contributed by atoms with Gasteiger partial charge in [0, 0.05) is 17.2 Å². The Morgan fingerprint density at radius 3 is 2.52 bits per heavy atom. The zero-order valence-corrected chi connectivity index (χ0v) is 13.8. The van der Waals surface area contributed by atoms with Gasteiger partial charge in [-0.3, -0.25) is 14.9 Å². The van der Waals surface area contributed by atoms with E-state index in [1.807, 2.05) is 43.3 Å². The van der Waals surface area contributed by atoms with Crippen molar-refractivity contribution >= 4 is 28.3 Å². The molecule has 0 aromatic heterocycles. The number of aryl methyl sites for hydroxylation is 1. The molecule has 3 rings (SSSR count). The zero-order chi connectivity index (χ0) is 17.8. The Morgan fingerprint density at radius 1 is 1.04 bits per heavy atom. The van der Waals surface area contributed by atoms with Crippen LogP contribution in [0.15, 0.2) is 66.7 Å². The average Bonchev–Trinajstić information content (AvgIpc) is 2.65. The molecule has 0 saturated heterocycles. The smallest absolute Gasteiger partial charge is 0.273 e. The van der Waals surface area contributed by atoms with Gasteiger partial charge in [-0.05, 0) is 34.9 Å². The number of nitro groups is 1.